The Labute approximate surface area is 116 Å². The molecule has 0 aromatic carbocycles. The first kappa shape index (κ1) is 14.1. The molecule has 2 atom stereocenters. The van der Waals surface area contributed by atoms with E-state index in [9.17, 15) is 9.59 Å². The van der Waals surface area contributed by atoms with Gasteiger partial charge in [0.05, 0.1) is 11.8 Å². The molecular formula is C14H19NO3S. The van der Waals surface area contributed by atoms with Gasteiger partial charge in [0.25, 0.3) is 0 Å². The standard InChI is InChI=1S/C14H19NO3S/c1-2-9(14(17)18)8-15-13(16)11-4-3-5-12-10(11)6-7-19-12/h6-7,9,11H,2-5,8H2,1H3,(H,15,16)(H,17,18). The van der Waals surface area contributed by atoms with Crippen molar-refractivity contribution in [3.63, 3.8) is 0 Å². The van der Waals surface area contributed by atoms with E-state index in [2.05, 4.69) is 5.32 Å². The van der Waals surface area contributed by atoms with Crippen molar-refractivity contribution in [1.82, 2.24) is 5.32 Å². The maximum atomic E-state index is 12.2. The van der Waals surface area contributed by atoms with Crippen molar-refractivity contribution >= 4 is 23.2 Å². The average molecular weight is 281 g/mol. The molecule has 0 fully saturated rings. The van der Waals surface area contributed by atoms with Gasteiger partial charge < -0.3 is 10.4 Å². The van der Waals surface area contributed by atoms with Gasteiger partial charge in [0.15, 0.2) is 0 Å². The van der Waals surface area contributed by atoms with Crippen LogP contribution in [0.5, 0.6) is 0 Å². The Morgan fingerprint density at radius 1 is 1.58 bits per heavy atom. The van der Waals surface area contributed by atoms with Gasteiger partial charge in [0, 0.05) is 11.4 Å². The number of amides is 1. The largest absolute Gasteiger partial charge is 0.481 e. The van der Waals surface area contributed by atoms with Crippen molar-refractivity contribution < 1.29 is 14.7 Å². The van der Waals surface area contributed by atoms with Crippen LogP contribution in [-0.4, -0.2) is 23.5 Å². The lowest BCUT2D eigenvalue weighted by Crippen LogP contribution is -2.36. The van der Waals surface area contributed by atoms with Crippen molar-refractivity contribution in [3.05, 3.63) is 21.9 Å². The quantitative estimate of drug-likeness (QED) is 0.871. The van der Waals surface area contributed by atoms with Crippen LogP contribution in [0.4, 0.5) is 0 Å². The Hall–Kier alpha value is -1.36. The van der Waals surface area contributed by atoms with Gasteiger partial charge in [-0.15, -0.1) is 11.3 Å². The number of aryl methyl sites for hydroxylation is 1. The van der Waals surface area contributed by atoms with Crippen LogP contribution >= 0.6 is 11.3 Å². The molecule has 2 N–H and O–H groups in total. The Balaban J connectivity index is 1.97. The molecule has 0 bridgehead atoms. The van der Waals surface area contributed by atoms with E-state index < -0.39 is 11.9 Å². The molecule has 2 rings (SSSR count). The number of carboxylic acids is 1. The van der Waals surface area contributed by atoms with Crippen LogP contribution in [-0.2, 0) is 16.0 Å². The number of aliphatic carboxylic acids is 1. The minimum absolute atomic E-state index is 0.0287. The van der Waals surface area contributed by atoms with Crippen LogP contribution in [0, 0.1) is 5.92 Å². The lowest BCUT2D eigenvalue weighted by molar-refractivity contribution is -0.141. The second-order valence-corrected chi connectivity index (χ2v) is 5.93. The van der Waals surface area contributed by atoms with Crippen molar-refractivity contribution in [2.45, 2.75) is 38.5 Å². The zero-order valence-electron chi connectivity index (χ0n) is 11.0. The molecule has 5 heteroatoms. The van der Waals surface area contributed by atoms with Crippen molar-refractivity contribution in [1.29, 1.82) is 0 Å². The second-order valence-electron chi connectivity index (χ2n) is 4.93. The van der Waals surface area contributed by atoms with Gasteiger partial charge in [-0.05, 0) is 42.7 Å². The third-order valence-corrected chi connectivity index (χ3v) is 4.73. The number of thiophene rings is 1. The third kappa shape index (κ3) is 3.15. The van der Waals surface area contributed by atoms with E-state index in [4.69, 9.17) is 5.11 Å². The highest BCUT2D eigenvalue weighted by Gasteiger charge is 2.28. The second kappa shape index (κ2) is 6.19. The van der Waals surface area contributed by atoms with Gasteiger partial charge in [-0.3, -0.25) is 9.59 Å². The number of carbonyl (C=O) groups is 2. The molecule has 1 aliphatic carbocycles. The normalized spacial score (nSPS) is 19.5. The van der Waals surface area contributed by atoms with E-state index in [0.29, 0.717) is 6.42 Å². The van der Waals surface area contributed by atoms with E-state index in [0.717, 1.165) is 24.8 Å². The molecule has 0 aliphatic heterocycles. The summed E-state index contributed by atoms with van der Waals surface area (Å²) in [4.78, 5) is 24.4. The molecule has 0 saturated heterocycles. The summed E-state index contributed by atoms with van der Waals surface area (Å²) in [6.07, 6.45) is 3.48. The molecule has 1 aromatic rings. The van der Waals surface area contributed by atoms with E-state index in [1.54, 1.807) is 11.3 Å². The smallest absolute Gasteiger partial charge is 0.308 e. The van der Waals surface area contributed by atoms with Crippen LogP contribution in [0.25, 0.3) is 0 Å². The van der Waals surface area contributed by atoms with Gasteiger partial charge in [-0.1, -0.05) is 6.92 Å². The minimum Gasteiger partial charge on any atom is -0.481 e. The number of carbonyl (C=O) groups excluding carboxylic acids is 1. The predicted octanol–water partition coefficient (Wildman–Crippen LogP) is 2.40. The molecule has 0 saturated carbocycles. The predicted molar refractivity (Wildman–Crippen MR) is 74.4 cm³/mol. The molecule has 1 aromatic heterocycles. The highest BCUT2D eigenvalue weighted by atomic mass is 32.1. The Morgan fingerprint density at radius 3 is 3.05 bits per heavy atom. The fourth-order valence-electron chi connectivity index (χ4n) is 2.51. The Morgan fingerprint density at radius 2 is 2.37 bits per heavy atom. The van der Waals surface area contributed by atoms with E-state index in [-0.39, 0.29) is 18.4 Å². The lowest BCUT2D eigenvalue weighted by Gasteiger charge is -2.22. The highest BCUT2D eigenvalue weighted by Crippen LogP contribution is 2.34. The molecule has 104 valence electrons. The van der Waals surface area contributed by atoms with Crippen LogP contribution in [0.3, 0.4) is 0 Å². The summed E-state index contributed by atoms with van der Waals surface area (Å²) in [6, 6.07) is 2.03. The maximum absolute atomic E-state index is 12.2. The topological polar surface area (TPSA) is 66.4 Å². The molecule has 4 nitrogen and oxygen atoms in total. The summed E-state index contributed by atoms with van der Waals surface area (Å²) in [6.45, 7) is 2.04. The zero-order chi connectivity index (χ0) is 13.8. The molecule has 0 radical (unpaired) electrons. The summed E-state index contributed by atoms with van der Waals surface area (Å²) in [5.41, 5.74) is 1.14. The number of fused-ring (bicyclic) bond motifs is 1. The summed E-state index contributed by atoms with van der Waals surface area (Å²) < 4.78 is 0. The molecular weight excluding hydrogens is 262 g/mol. The number of rotatable bonds is 5. The number of nitrogens with one attached hydrogen (secondary N) is 1. The first-order valence-corrected chi connectivity index (χ1v) is 7.58. The fraction of sp³-hybridized carbons (Fsp3) is 0.571. The average Bonchev–Trinajstić information content (AvgIpc) is 2.86. The van der Waals surface area contributed by atoms with Crippen LogP contribution in [0.1, 0.15) is 42.5 Å². The van der Waals surface area contributed by atoms with E-state index in [1.807, 2.05) is 18.4 Å². The zero-order valence-corrected chi connectivity index (χ0v) is 11.8. The summed E-state index contributed by atoms with van der Waals surface area (Å²) in [5.74, 6) is -1.46. The van der Waals surface area contributed by atoms with Crippen molar-refractivity contribution in [2.24, 2.45) is 5.92 Å². The third-order valence-electron chi connectivity index (χ3n) is 3.73. The summed E-state index contributed by atoms with van der Waals surface area (Å²) >= 11 is 1.71. The van der Waals surface area contributed by atoms with Crippen LogP contribution < -0.4 is 5.32 Å². The van der Waals surface area contributed by atoms with Crippen molar-refractivity contribution in [2.75, 3.05) is 6.54 Å². The molecule has 1 amide bonds. The van der Waals surface area contributed by atoms with E-state index in [1.165, 1.54) is 4.88 Å². The van der Waals surface area contributed by atoms with E-state index >= 15 is 0 Å². The molecule has 1 aliphatic rings. The SMILES string of the molecule is CCC(CNC(=O)C1CCCc2sccc21)C(=O)O. The number of hydrogen-bond acceptors (Lipinski definition) is 3. The Bertz CT molecular complexity index is 469. The van der Waals surface area contributed by atoms with Gasteiger partial charge in [0.2, 0.25) is 5.91 Å². The summed E-state index contributed by atoms with van der Waals surface area (Å²) in [7, 11) is 0. The summed E-state index contributed by atoms with van der Waals surface area (Å²) in [5, 5.41) is 13.8. The maximum Gasteiger partial charge on any atom is 0.308 e. The first-order chi connectivity index (χ1) is 9.13. The number of hydrogen-bond donors (Lipinski definition) is 2. The van der Waals surface area contributed by atoms with Gasteiger partial charge in [-0.25, -0.2) is 0 Å². The van der Waals surface area contributed by atoms with Gasteiger partial charge >= 0.3 is 5.97 Å². The molecule has 0 spiro atoms. The van der Waals surface area contributed by atoms with Gasteiger partial charge in [-0.2, -0.15) is 0 Å². The van der Waals surface area contributed by atoms with Crippen molar-refractivity contribution in [3.8, 4) is 0 Å². The first-order valence-electron chi connectivity index (χ1n) is 6.70. The number of carboxylic acid groups (broad SMARTS) is 1. The fourth-order valence-corrected chi connectivity index (χ4v) is 3.50. The highest BCUT2D eigenvalue weighted by molar-refractivity contribution is 7.10. The van der Waals surface area contributed by atoms with Crippen LogP contribution in [0.15, 0.2) is 11.4 Å². The molecule has 2 unspecified atom stereocenters. The Kier molecular flexibility index (Phi) is 4.58. The monoisotopic (exact) mass is 281 g/mol. The lowest BCUT2D eigenvalue weighted by atomic mass is 9.87. The van der Waals surface area contributed by atoms with Crippen LogP contribution in [0.2, 0.25) is 0 Å². The molecule has 1 heterocycles. The van der Waals surface area contributed by atoms with Gasteiger partial charge in [0.1, 0.15) is 0 Å². The minimum atomic E-state index is -0.845. The molecule has 19 heavy (non-hydrogen) atoms.